The monoisotopic (exact) mass is 358 g/mol. The smallest absolute Gasteiger partial charge is 0.313 e. The lowest BCUT2D eigenvalue weighted by molar-refractivity contribution is -0.149. The molecule has 1 aromatic rings. The number of hydrogen-bond acceptors (Lipinski definition) is 6. The minimum absolute atomic E-state index is 0.0354. The molecular weight excluding hydrogens is 336 g/mol. The van der Waals surface area contributed by atoms with E-state index in [0.717, 1.165) is 12.8 Å². The molecule has 138 valence electrons. The van der Waals surface area contributed by atoms with Crippen LogP contribution in [0.5, 0.6) is 0 Å². The molecule has 3 fully saturated rings. The predicted molar refractivity (Wildman–Crippen MR) is 88.5 cm³/mol. The second-order valence-corrected chi connectivity index (χ2v) is 8.35. The Kier molecular flexibility index (Phi) is 3.24. The van der Waals surface area contributed by atoms with Crippen molar-refractivity contribution in [3.63, 3.8) is 0 Å². The minimum atomic E-state index is -0.953. The molecule has 1 unspecified atom stereocenters. The Morgan fingerprint density at radius 2 is 2.15 bits per heavy atom. The molecule has 3 heterocycles. The summed E-state index contributed by atoms with van der Waals surface area (Å²) in [6.07, 6.45) is 7.54. The molecule has 0 bridgehead atoms. The van der Waals surface area contributed by atoms with E-state index in [4.69, 9.17) is 13.9 Å². The number of ether oxygens (including phenoxy) is 2. The first-order chi connectivity index (χ1) is 12.5. The number of cyclic esters (lactones) is 2. The van der Waals surface area contributed by atoms with E-state index in [1.165, 1.54) is 12.5 Å². The maximum Gasteiger partial charge on any atom is 0.313 e. The minimum Gasteiger partial charge on any atom is -0.472 e. The van der Waals surface area contributed by atoms with Crippen molar-refractivity contribution in [3.05, 3.63) is 36.3 Å². The fourth-order valence-corrected chi connectivity index (χ4v) is 6.16. The van der Waals surface area contributed by atoms with Crippen molar-refractivity contribution in [1.82, 2.24) is 0 Å². The van der Waals surface area contributed by atoms with Crippen molar-refractivity contribution in [3.8, 4) is 0 Å². The van der Waals surface area contributed by atoms with Crippen LogP contribution in [-0.4, -0.2) is 29.8 Å². The summed E-state index contributed by atoms with van der Waals surface area (Å²) in [7, 11) is 0. The number of aliphatic hydroxyl groups is 1. The highest BCUT2D eigenvalue weighted by molar-refractivity contribution is 5.80. The Bertz CT molecular complexity index is 782. The third kappa shape index (κ3) is 1.80. The normalized spacial score (nSPS) is 44.7. The molecule has 0 aromatic carbocycles. The number of furan rings is 1. The molecule has 6 heteroatoms. The maximum atomic E-state index is 12.7. The van der Waals surface area contributed by atoms with Gasteiger partial charge in [-0.05, 0) is 31.2 Å². The highest BCUT2D eigenvalue weighted by Crippen LogP contribution is 2.67. The molecule has 1 saturated carbocycles. The number of aliphatic hydroxyl groups excluding tert-OH is 1. The van der Waals surface area contributed by atoms with Gasteiger partial charge < -0.3 is 19.0 Å². The van der Waals surface area contributed by atoms with Crippen LogP contribution < -0.4 is 0 Å². The van der Waals surface area contributed by atoms with Gasteiger partial charge in [0.25, 0.3) is 0 Å². The van der Waals surface area contributed by atoms with Crippen molar-refractivity contribution in [2.45, 2.75) is 38.4 Å². The molecule has 0 amide bonds. The zero-order valence-electron chi connectivity index (χ0n) is 14.6. The van der Waals surface area contributed by atoms with Gasteiger partial charge in [-0.3, -0.25) is 9.59 Å². The third-order valence-electron chi connectivity index (χ3n) is 7.46. The number of carbonyl (C=O) groups excluding carboxylic acids is 2. The highest BCUT2D eigenvalue weighted by Gasteiger charge is 2.70. The summed E-state index contributed by atoms with van der Waals surface area (Å²) in [5, 5.41) is 11.0. The molecule has 2 aliphatic heterocycles. The second-order valence-electron chi connectivity index (χ2n) is 8.35. The lowest BCUT2D eigenvalue weighted by Gasteiger charge is -2.55. The van der Waals surface area contributed by atoms with Crippen molar-refractivity contribution < 1.29 is 28.6 Å². The van der Waals surface area contributed by atoms with Crippen LogP contribution >= 0.6 is 0 Å². The van der Waals surface area contributed by atoms with E-state index in [9.17, 15) is 14.7 Å². The van der Waals surface area contributed by atoms with Crippen LogP contribution in [0, 0.1) is 28.6 Å². The molecule has 4 aliphatic rings. The largest absolute Gasteiger partial charge is 0.472 e. The Morgan fingerprint density at radius 1 is 1.31 bits per heavy atom. The van der Waals surface area contributed by atoms with Gasteiger partial charge >= 0.3 is 11.9 Å². The molecule has 26 heavy (non-hydrogen) atoms. The average Bonchev–Trinajstić information content (AvgIpc) is 3.33. The van der Waals surface area contributed by atoms with E-state index in [1.54, 1.807) is 6.07 Å². The van der Waals surface area contributed by atoms with Gasteiger partial charge in [-0.1, -0.05) is 19.1 Å². The van der Waals surface area contributed by atoms with Crippen LogP contribution in [-0.2, 0) is 19.1 Å². The second kappa shape index (κ2) is 5.22. The van der Waals surface area contributed by atoms with Crippen LogP contribution in [0.15, 0.2) is 35.2 Å². The number of rotatable bonds is 2. The molecule has 6 nitrogen and oxygen atoms in total. The van der Waals surface area contributed by atoms with E-state index in [-0.39, 0.29) is 35.1 Å². The quantitative estimate of drug-likeness (QED) is 0.645. The molecule has 1 aromatic heterocycles. The lowest BCUT2D eigenvalue weighted by atomic mass is 9.45. The summed E-state index contributed by atoms with van der Waals surface area (Å²) in [5.41, 5.74) is -0.270. The predicted octanol–water partition coefficient (Wildman–Crippen LogP) is 2.39. The van der Waals surface area contributed by atoms with Gasteiger partial charge in [-0.15, -0.1) is 0 Å². The Labute approximate surface area is 151 Å². The summed E-state index contributed by atoms with van der Waals surface area (Å²) in [5.74, 6) is -0.918. The highest BCUT2D eigenvalue weighted by atomic mass is 16.6. The summed E-state index contributed by atoms with van der Waals surface area (Å²) in [6.45, 7) is 2.43. The van der Waals surface area contributed by atoms with Gasteiger partial charge in [0.2, 0.25) is 0 Å². The SMILES string of the molecule is C[C@]12[C@H](CC[C@@]34COC(=O)C3C=CC[C@@H]41)C(=O)O[C@H]2[C@@H](O)c1ccoc1. The van der Waals surface area contributed by atoms with Crippen LogP contribution in [0.1, 0.15) is 37.9 Å². The Morgan fingerprint density at radius 3 is 2.92 bits per heavy atom. The van der Waals surface area contributed by atoms with E-state index in [0.29, 0.717) is 18.6 Å². The molecular formula is C20H22O6. The van der Waals surface area contributed by atoms with Crippen molar-refractivity contribution in [2.24, 2.45) is 28.6 Å². The number of carbonyl (C=O) groups is 2. The van der Waals surface area contributed by atoms with Gasteiger partial charge in [-0.2, -0.15) is 0 Å². The third-order valence-corrected chi connectivity index (χ3v) is 7.46. The summed E-state index contributed by atoms with van der Waals surface area (Å²) in [4.78, 5) is 24.9. The van der Waals surface area contributed by atoms with E-state index >= 15 is 0 Å². The first kappa shape index (κ1) is 16.1. The van der Waals surface area contributed by atoms with Crippen molar-refractivity contribution >= 4 is 11.9 Å². The van der Waals surface area contributed by atoms with Crippen molar-refractivity contribution in [2.75, 3.05) is 6.61 Å². The summed E-state index contributed by atoms with van der Waals surface area (Å²) >= 11 is 0. The van der Waals surface area contributed by atoms with Gasteiger partial charge in [0.1, 0.15) is 12.2 Å². The fourth-order valence-electron chi connectivity index (χ4n) is 6.16. The molecule has 1 spiro atoms. The van der Waals surface area contributed by atoms with E-state index in [1.807, 2.05) is 19.1 Å². The number of esters is 2. The Balaban J connectivity index is 1.60. The molecule has 2 saturated heterocycles. The Hall–Kier alpha value is -2.08. The van der Waals surface area contributed by atoms with E-state index in [2.05, 4.69) is 0 Å². The maximum absolute atomic E-state index is 12.7. The molecule has 7 atom stereocenters. The van der Waals surface area contributed by atoms with Gasteiger partial charge in [-0.25, -0.2) is 0 Å². The topological polar surface area (TPSA) is 86.0 Å². The van der Waals surface area contributed by atoms with Gasteiger partial charge in [0.05, 0.1) is 31.0 Å². The zero-order chi connectivity index (χ0) is 18.1. The van der Waals surface area contributed by atoms with Gasteiger partial charge in [0.15, 0.2) is 0 Å². The van der Waals surface area contributed by atoms with Crippen LogP contribution in [0.2, 0.25) is 0 Å². The van der Waals surface area contributed by atoms with Crippen LogP contribution in [0.25, 0.3) is 0 Å². The lowest BCUT2D eigenvalue weighted by Crippen LogP contribution is -2.57. The fraction of sp³-hybridized carbons (Fsp3) is 0.600. The standard InChI is InChI=1S/C20H22O6/c1-19-12(18(23)26-16(19)15(21)11-6-8-24-9-11)5-7-20-10-25-17(22)13(20)3-2-4-14(19)20/h2-3,6,8-9,12-16,21H,4-5,7,10H2,1H3/t12-,13?,14-,15+,16+,19+,20-/m1/s1. The molecule has 0 radical (unpaired) electrons. The van der Waals surface area contributed by atoms with Crippen LogP contribution in [0.4, 0.5) is 0 Å². The van der Waals surface area contributed by atoms with Crippen molar-refractivity contribution in [1.29, 1.82) is 0 Å². The molecule has 2 aliphatic carbocycles. The molecule has 1 N–H and O–H groups in total. The number of allylic oxidation sites excluding steroid dienone is 1. The zero-order valence-corrected chi connectivity index (χ0v) is 14.6. The number of hydrogen-bond donors (Lipinski definition) is 1. The van der Waals surface area contributed by atoms with E-state index < -0.39 is 17.6 Å². The van der Waals surface area contributed by atoms with Crippen LogP contribution in [0.3, 0.4) is 0 Å². The first-order valence-electron chi connectivity index (χ1n) is 9.22. The first-order valence-corrected chi connectivity index (χ1v) is 9.22. The molecule has 5 rings (SSSR count). The average molecular weight is 358 g/mol. The number of fused-ring (bicyclic) bond motifs is 2. The summed E-state index contributed by atoms with van der Waals surface area (Å²) in [6, 6.07) is 1.69. The van der Waals surface area contributed by atoms with Gasteiger partial charge in [0, 0.05) is 16.4 Å². The summed E-state index contributed by atoms with van der Waals surface area (Å²) < 4.78 is 16.3.